The van der Waals surface area contributed by atoms with Gasteiger partial charge in [0.05, 0.1) is 5.91 Å². The van der Waals surface area contributed by atoms with Crippen LogP contribution in [0.25, 0.3) is 5.32 Å². The van der Waals surface area contributed by atoms with Crippen LogP contribution in [-0.4, -0.2) is 27.7 Å². The summed E-state index contributed by atoms with van der Waals surface area (Å²) in [5.74, 6) is 1.47. The Bertz CT molecular complexity index is 338. The van der Waals surface area contributed by atoms with Gasteiger partial charge in [0.25, 0.3) is 0 Å². The summed E-state index contributed by atoms with van der Waals surface area (Å²) in [4.78, 5) is 11.2. The predicted molar refractivity (Wildman–Crippen MR) is 63.9 cm³/mol. The molecule has 1 unspecified atom stereocenters. The predicted octanol–water partition coefficient (Wildman–Crippen LogP) is 1.67. The van der Waals surface area contributed by atoms with Crippen molar-refractivity contribution in [2.24, 2.45) is 13.0 Å². The van der Waals surface area contributed by atoms with E-state index in [-0.39, 0.29) is 44.5 Å². The summed E-state index contributed by atoms with van der Waals surface area (Å²) in [5, 5.41) is 11.5. The van der Waals surface area contributed by atoms with Gasteiger partial charge in [-0.05, 0) is 6.92 Å². The van der Waals surface area contributed by atoms with E-state index in [0.29, 0.717) is 6.42 Å². The van der Waals surface area contributed by atoms with Gasteiger partial charge in [-0.2, -0.15) is 6.92 Å². The Morgan fingerprint density at radius 2 is 2.00 bits per heavy atom. The van der Waals surface area contributed by atoms with Crippen molar-refractivity contribution in [3.63, 3.8) is 0 Å². The molecule has 0 fully saturated rings. The molecule has 0 N–H and O–H groups in total. The molecule has 17 heavy (non-hydrogen) atoms. The summed E-state index contributed by atoms with van der Waals surface area (Å²) in [5.41, 5.74) is 0. The van der Waals surface area contributed by atoms with Crippen molar-refractivity contribution in [2.45, 2.75) is 27.2 Å². The molecule has 1 heterocycles. The molecule has 0 aromatic carbocycles. The van der Waals surface area contributed by atoms with Crippen LogP contribution in [0.4, 0.5) is 0 Å². The van der Waals surface area contributed by atoms with Crippen LogP contribution in [0.1, 0.15) is 25.5 Å². The standard InChI is InChI=1S/C9H16N4O.C2H5.Y/c1-6(9(14)10-3)5-8-12-11-7(2)13(8)4;1-2;/h6H,5H2,1-4H3,(H,10,14);1H2,2H3;/q;-1;/p-1. The van der Waals surface area contributed by atoms with E-state index in [9.17, 15) is 4.79 Å². The zero-order chi connectivity index (χ0) is 12.7. The van der Waals surface area contributed by atoms with E-state index >= 15 is 0 Å². The summed E-state index contributed by atoms with van der Waals surface area (Å²) in [6, 6.07) is 0. The number of hydrogen-bond donors (Lipinski definition) is 0. The summed E-state index contributed by atoms with van der Waals surface area (Å²) >= 11 is 0. The number of nitrogens with zero attached hydrogens (tertiary/aromatic N) is 4. The maximum Gasteiger partial charge on any atom is 0.133 e. The molecule has 0 spiro atoms. The van der Waals surface area contributed by atoms with Gasteiger partial charge in [-0.25, -0.2) is 0 Å². The molecular weight excluding hydrogens is 293 g/mol. The molecule has 1 amide bonds. The number of carbonyl (C=O) groups excluding carboxylic acids is 1. The van der Waals surface area contributed by atoms with Crippen molar-refractivity contribution >= 4 is 5.91 Å². The summed E-state index contributed by atoms with van der Waals surface area (Å²) < 4.78 is 1.89. The van der Waals surface area contributed by atoms with E-state index in [4.69, 9.17) is 0 Å². The van der Waals surface area contributed by atoms with E-state index in [1.807, 2.05) is 25.5 Å². The van der Waals surface area contributed by atoms with Crippen LogP contribution in [0.2, 0.25) is 0 Å². The fourth-order valence-electron chi connectivity index (χ4n) is 1.21. The first-order chi connectivity index (χ1) is 7.56. The third-order valence-corrected chi connectivity index (χ3v) is 2.31. The Labute approximate surface area is 129 Å². The number of aryl methyl sites for hydroxylation is 1. The average Bonchev–Trinajstić information content (AvgIpc) is 2.62. The normalized spacial score (nSPS) is 10.7. The van der Waals surface area contributed by atoms with Crippen molar-refractivity contribution in [1.82, 2.24) is 14.8 Å². The van der Waals surface area contributed by atoms with Crippen molar-refractivity contribution < 1.29 is 37.5 Å². The molecule has 1 aromatic rings. The zero-order valence-electron chi connectivity index (χ0n) is 11.3. The Kier molecular flexibility index (Phi) is 10.9. The summed E-state index contributed by atoms with van der Waals surface area (Å²) in [7, 11) is 3.41. The molecule has 0 aliphatic heterocycles. The minimum atomic E-state index is -0.123. The number of aromatic nitrogens is 3. The second-order valence-electron chi connectivity index (χ2n) is 3.39. The number of rotatable bonds is 3. The second kappa shape index (κ2) is 9.71. The first-order valence-corrected chi connectivity index (χ1v) is 5.25. The molecule has 0 bridgehead atoms. The minimum absolute atomic E-state index is 0. The Balaban J connectivity index is 0. The number of hydrogen-bond acceptors (Lipinski definition) is 3. The van der Waals surface area contributed by atoms with E-state index < -0.39 is 0 Å². The maximum atomic E-state index is 11.2. The van der Waals surface area contributed by atoms with E-state index in [1.165, 1.54) is 7.05 Å². The van der Waals surface area contributed by atoms with Crippen LogP contribution >= 0.6 is 0 Å². The number of carbonyl (C=O) groups is 1. The van der Waals surface area contributed by atoms with Crippen molar-refractivity contribution in [1.29, 1.82) is 0 Å². The zero-order valence-corrected chi connectivity index (χ0v) is 14.1. The van der Waals surface area contributed by atoms with Gasteiger partial charge >= 0.3 is 0 Å². The van der Waals surface area contributed by atoms with Crippen LogP contribution < -0.4 is 0 Å². The van der Waals surface area contributed by atoms with Crippen LogP contribution in [-0.2, 0) is 51.0 Å². The molecule has 6 heteroatoms. The fourth-order valence-corrected chi connectivity index (χ4v) is 1.21. The Hall–Kier alpha value is -0.286. The van der Waals surface area contributed by atoms with E-state index in [0.717, 1.165) is 11.6 Å². The molecule has 1 atom stereocenters. The molecule has 95 valence electrons. The molecule has 1 aromatic heterocycles. The molecular formula is C11H20N4OY-2. The fraction of sp³-hybridized carbons (Fsp3) is 0.636. The van der Waals surface area contributed by atoms with Crippen LogP contribution in [0.15, 0.2) is 0 Å². The topological polar surface area (TPSA) is 61.9 Å². The van der Waals surface area contributed by atoms with Gasteiger partial charge in [0.1, 0.15) is 11.6 Å². The van der Waals surface area contributed by atoms with Gasteiger partial charge in [-0.1, -0.05) is 6.92 Å². The molecule has 1 radical (unpaired) electrons. The van der Waals surface area contributed by atoms with E-state index in [2.05, 4.69) is 22.4 Å². The van der Waals surface area contributed by atoms with E-state index in [1.54, 1.807) is 6.92 Å². The van der Waals surface area contributed by atoms with Gasteiger partial charge in [-0.15, -0.1) is 17.2 Å². The Morgan fingerprint density at radius 3 is 2.35 bits per heavy atom. The first kappa shape index (κ1) is 19.1. The van der Waals surface area contributed by atoms with Crippen LogP contribution in [0, 0.1) is 19.8 Å². The third-order valence-electron chi connectivity index (χ3n) is 2.31. The third kappa shape index (κ3) is 5.73. The largest absolute Gasteiger partial charge is 0.656 e. The van der Waals surface area contributed by atoms with Gasteiger partial charge in [-0.3, -0.25) is 0 Å². The first-order valence-electron chi connectivity index (χ1n) is 5.25. The smallest absolute Gasteiger partial charge is 0.133 e. The molecule has 5 nitrogen and oxygen atoms in total. The van der Waals surface area contributed by atoms with Gasteiger partial charge in [0.15, 0.2) is 0 Å². The summed E-state index contributed by atoms with van der Waals surface area (Å²) in [6.45, 7) is 8.73. The SMILES string of the molecule is C[N-]C(=O)C(C)Cc1nnc(C)n1C.[CH2-]C.[Y]. The number of amides is 1. The van der Waals surface area contributed by atoms with Gasteiger partial charge in [0, 0.05) is 52.1 Å². The van der Waals surface area contributed by atoms with Crippen LogP contribution in [0.3, 0.4) is 0 Å². The van der Waals surface area contributed by atoms with Crippen molar-refractivity contribution in [3.8, 4) is 0 Å². The molecule has 0 aliphatic rings. The maximum absolute atomic E-state index is 11.2. The summed E-state index contributed by atoms with van der Waals surface area (Å²) in [6.07, 6.45) is 0.591. The monoisotopic (exact) mass is 313 g/mol. The molecule has 0 saturated heterocycles. The molecule has 1 rings (SSSR count). The van der Waals surface area contributed by atoms with Gasteiger partial charge < -0.3 is 21.6 Å². The van der Waals surface area contributed by atoms with Crippen molar-refractivity contribution in [3.05, 3.63) is 23.9 Å². The van der Waals surface area contributed by atoms with Crippen molar-refractivity contribution in [2.75, 3.05) is 7.05 Å². The molecule has 0 aliphatic carbocycles. The Morgan fingerprint density at radius 1 is 1.47 bits per heavy atom. The average molecular weight is 313 g/mol. The molecule has 0 saturated carbocycles. The second-order valence-corrected chi connectivity index (χ2v) is 3.39. The quantitative estimate of drug-likeness (QED) is 0.798. The van der Waals surface area contributed by atoms with Crippen LogP contribution in [0.5, 0.6) is 0 Å². The van der Waals surface area contributed by atoms with Gasteiger partial charge in [0.2, 0.25) is 0 Å². The minimum Gasteiger partial charge on any atom is -0.656 e.